The highest BCUT2D eigenvalue weighted by Crippen LogP contribution is 2.65. The fourth-order valence-electron chi connectivity index (χ4n) is 5.60. The number of imide groups is 1. The average molecular weight is 482 g/mol. The van der Waals surface area contributed by atoms with E-state index in [9.17, 15) is 19.7 Å². The van der Waals surface area contributed by atoms with Crippen LogP contribution in [-0.2, 0) is 9.59 Å². The van der Waals surface area contributed by atoms with Crippen LogP contribution in [0.5, 0.6) is 0 Å². The third-order valence-electron chi connectivity index (χ3n) is 6.99. The van der Waals surface area contributed by atoms with Crippen molar-refractivity contribution < 1.29 is 18.9 Å². The van der Waals surface area contributed by atoms with Crippen LogP contribution in [-0.4, -0.2) is 28.0 Å². The van der Waals surface area contributed by atoms with Gasteiger partial charge in [-0.15, -0.1) is 0 Å². The van der Waals surface area contributed by atoms with Gasteiger partial charge in [0.25, 0.3) is 17.5 Å². The zero-order valence-electron chi connectivity index (χ0n) is 16.1. The summed E-state index contributed by atoms with van der Waals surface area (Å²) < 4.78 is 6.29. The summed E-state index contributed by atoms with van der Waals surface area (Å²) in [4.78, 5) is 36.8. The second-order valence-electron chi connectivity index (χ2n) is 8.51. The van der Waals surface area contributed by atoms with Crippen molar-refractivity contribution >= 4 is 39.6 Å². The predicted molar refractivity (Wildman–Crippen MR) is 113 cm³/mol. The van der Waals surface area contributed by atoms with Crippen LogP contribution in [0.15, 0.2) is 56.5 Å². The number of rotatable bonds is 4. The molecule has 3 fully saturated rings. The molecule has 1 aromatic heterocycles. The maximum Gasteiger partial charge on any atom is 0.281 e. The normalized spacial score (nSPS) is 32.6. The highest BCUT2D eigenvalue weighted by atomic mass is 79.9. The minimum Gasteiger partial charge on any atom is -0.455 e. The fourth-order valence-corrected chi connectivity index (χ4v) is 5.95. The molecule has 7 rings (SSSR count). The van der Waals surface area contributed by atoms with Gasteiger partial charge in [-0.2, -0.15) is 10.1 Å². The topological polar surface area (TPSA) is 106 Å². The average Bonchev–Trinajstić information content (AvgIpc) is 3.39. The van der Waals surface area contributed by atoms with Gasteiger partial charge in [0, 0.05) is 10.5 Å². The molecule has 1 saturated heterocycles. The number of nitrogens with zero attached hydrogens (tertiary/aromatic N) is 3. The Morgan fingerprint density at radius 2 is 1.77 bits per heavy atom. The van der Waals surface area contributed by atoms with Crippen molar-refractivity contribution in [1.82, 2.24) is 5.01 Å². The number of hydrogen-bond acceptors (Lipinski definition) is 6. The molecule has 9 heteroatoms. The molecule has 1 aromatic carbocycles. The molecule has 2 heterocycles. The second-order valence-corrected chi connectivity index (χ2v) is 9.42. The largest absolute Gasteiger partial charge is 0.455 e. The molecule has 2 aromatic rings. The molecule has 8 nitrogen and oxygen atoms in total. The summed E-state index contributed by atoms with van der Waals surface area (Å²) in [7, 11) is 0. The predicted octanol–water partition coefficient (Wildman–Crippen LogP) is 4.00. The van der Waals surface area contributed by atoms with E-state index in [4.69, 9.17) is 4.42 Å². The smallest absolute Gasteiger partial charge is 0.281 e. The molecular formula is C22H16BrN3O5. The molecule has 4 aliphatic carbocycles. The number of hydrazone groups is 1. The Bertz CT molecular complexity index is 1180. The number of carbonyl (C=O) groups is 2. The van der Waals surface area contributed by atoms with E-state index in [1.165, 1.54) is 12.3 Å². The third-order valence-corrected chi connectivity index (χ3v) is 7.48. The summed E-state index contributed by atoms with van der Waals surface area (Å²) in [5.41, 5.74) is 0.233. The van der Waals surface area contributed by atoms with Crippen molar-refractivity contribution in [3.8, 4) is 11.3 Å². The molecule has 2 amide bonds. The van der Waals surface area contributed by atoms with Crippen molar-refractivity contribution in [3.63, 3.8) is 0 Å². The lowest BCUT2D eigenvalue weighted by Crippen LogP contribution is -2.40. The number of benzene rings is 1. The Morgan fingerprint density at radius 3 is 2.42 bits per heavy atom. The molecular weight excluding hydrogens is 466 g/mol. The monoisotopic (exact) mass is 481 g/mol. The lowest BCUT2D eigenvalue weighted by atomic mass is 9.63. The number of nitro benzene ring substituents is 1. The number of carbonyl (C=O) groups excluding carboxylic acids is 2. The van der Waals surface area contributed by atoms with E-state index >= 15 is 0 Å². The minimum absolute atomic E-state index is 0.0947. The number of furan rings is 1. The number of amides is 2. The molecule has 1 aliphatic heterocycles. The van der Waals surface area contributed by atoms with Crippen molar-refractivity contribution in [2.75, 3.05) is 0 Å². The van der Waals surface area contributed by atoms with Gasteiger partial charge in [-0.3, -0.25) is 19.7 Å². The molecule has 156 valence electrons. The zero-order chi connectivity index (χ0) is 21.4. The minimum atomic E-state index is -0.480. The molecule has 0 N–H and O–H groups in total. The van der Waals surface area contributed by atoms with E-state index in [-0.39, 0.29) is 41.2 Å². The van der Waals surface area contributed by atoms with Crippen molar-refractivity contribution in [2.45, 2.75) is 6.42 Å². The second kappa shape index (κ2) is 6.46. The highest BCUT2D eigenvalue weighted by molar-refractivity contribution is 9.10. The highest BCUT2D eigenvalue weighted by Gasteiger charge is 2.67. The Labute approximate surface area is 184 Å². The molecule has 0 radical (unpaired) electrons. The van der Waals surface area contributed by atoms with E-state index in [1.807, 2.05) is 0 Å². The Hall–Kier alpha value is -3.07. The summed E-state index contributed by atoms with van der Waals surface area (Å²) >= 11 is 3.23. The summed E-state index contributed by atoms with van der Waals surface area (Å²) in [5, 5.41) is 16.5. The van der Waals surface area contributed by atoms with Crippen molar-refractivity contribution in [2.24, 2.45) is 40.6 Å². The molecule has 0 unspecified atom stereocenters. The number of halogens is 1. The SMILES string of the molecule is O=C1[C@@H]2[C@H]3C=C[C@@H]([C@@H]4C[C@@H]34)[C@H]2C(=O)N1/N=C\c1ccc(-c2ccc(Br)cc2[N+](=O)[O-])o1. The molecule has 2 saturated carbocycles. The Kier molecular flexibility index (Phi) is 3.89. The lowest BCUT2D eigenvalue weighted by molar-refractivity contribution is -0.384. The van der Waals surface area contributed by atoms with Gasteiger partial charge in [0.1, 0.15) is 11.5 Å². The molecule has 6 atom stereocenters. The standard InChI is InChI=1S/C22H16BrN3O5/c23-10-1-3-14(17(7-10)26(29)30)18-6-2-11(31-18)9-24-25-21(27)19-12-4-5-13(16-8-15(12)16)20(19)22(25)28/h1-7,9,12-13,15-16,19-20H,8H2/b24-9-/t12-,13-,15-,16-,19+,20+/m0/s1. The van der Waals surface area contributed by atoms with Gasteiger partial charge in [0.15, 0.2) is 0 Å². The maximum atomic E-state index is 13.0. The van der Waals surface area contributed by atoms with Gasteiger partial charge in [0.05, 0.1) is 28.5 Å². The van der Waals surface area contributed by atoms with Crippen LogP contribution in [0.2, 0.25) is 0 Å². The van der Waals surface area contributed by atoms with Gasteiger partial charge in [-0.1, -0.05) is 28.1 Å². The van der Waals surface area contributed by atoms with Crippen molar-refractivity contribution in [1.29, 1.82) is 0 Å². The molecule has 0 spiro atoms. The fraction of sp³-hybridized carbons (Fsp3) is 0.318. The molecule has 5 aliphatic rings. The van der Waals surface area contributed by atoms with Gasteiger partial charge in [-0.25, -0.2) is 0 Å². The van der Waals surface area contributed by atoms with Crippen LogP contribution in [0.4, 0.5) is 5.69 Å². The summed E-state index contributed by atoms with van der Waals surface area (Å²) in [6.45, 7) is 0. The van der Waals surface area contributed by atoms with Crippen molar-refractivity contribution in [3.05, 3.63) is 62.8 Å². The Morgan fingerprint density at radius 1 is 1.10 bits per heavy atom. The van der Waals surface area contributed by atoms with Gasteiger partial charge in [0.2, 0.25) is 0 Å². The summed E-state index contributed by atoms with van der Waals surface area (Å²) in [6, 6.07) is 7.89. The zero-order valence-corrected chi connectivity index (χ0v) is 17.6. The first-order valence-electron chi connectivity index (χ1n) is 10.1. The number of allylic oxidation sites excluding steroid dienone is 2. The van der Waals surface area contributed by atoms with Gasteiger partial charge < -0.3 is 4.42 Å². The number of nitro groups is 1. The summed E-state index contributed by atoms with van der Waals surface area (Å²) in [5.74, 6) is 0.856. The van der Waals surface area contributed by atoms with Gasteiger partial charge in [-0.05, 0) is 54.4 Å². The van der Waals surface area contributed by atoms with Gasteiger partial charge >= 0.3 is 0 Å². The first kappa shape index (κ1) is 18.7. The van der Waals surface area contributed by atoms with Crippen LogP contribution in [0.3, 0.4) is 0 Å². The van der Waals surface area contributed by atoms with Crippen LogP contribution >= 0.6 is 15.9 Å². The first-order chi connectivity index (χ1) is 14.9. The van der Waals surface area contributed by atoms with E-state index in [1.54, 1.807) is 24.3 Å². The van der Waals surface area contributed by atoms with E-state index < -0.39 is 4.92 Å². The van der Waals surface area contributed by atoms with Crippen LogP contribution < -0.4 is 0 Å². The quantitative estimate of drug-likeness (QED) is 0.215. The first-order valence-corrected chi connectivity index (χ1v) is 10.9. The Balaban J connectivity index is 1.26. The third kappa shape index (κ3) is 2.69. The van der Waals surface area contributed by atoms with Crippen LogP contribution in [0.25, 0.3) is 11.3 Å². The van der Waals surface area contributed by atoms with Crippen LogP contribution in [0.1, 0.15) is 12.2 Å². The lowest BCUT2D eigenvalue weighted by Gasteiger charge is -2.37. The van der Waals surface area contributed by atoms with E-state index in [2.05, 4.69) is 33.2 Å². The van der Waals surface area contributed by atoms with E-state index in [0.29, 0.717) is 33.4 Å². The number of hydrogen-bond donors (Lipinski definition) is 0. The molecule has 2 bridgehead atoms. The molecule has 31 heavy (non-hydrogen) atoms. The van der Waals surface area contributed by atoms with E-state index in [0.717, 1.165) is 11.4 Å². The maximum absolute atomic E-state index is 13.0. The van der Waals surface area contributed by atoms with Crippen LogP contribution in [0, 0.1) is 45.6 Å². The summed E-state index contributed by atoms with van der Waals surface area (Å²) in [6.07, 6.45) is 6.65.